The Morgan fingerprint density at radius 3 is 2.70 bits per heavy atom. The highest BCUT2D eigenvalue weighted by Gasteiger charge is 2.30. The van der Waals surface area contributed by atoms with E-state index in [9.17, 15) is 4.79 Å². The Kier molecular flexibility index (Phi) is 3.94. The molecule has 1 aromatic carbocycles. The first-order chi connectivity index (χ1) is 9.63. The summed E-state index contributed by atoms with van der Waals surface area (Å²) in [6, 6.07) is 7.35. The minimum atomic E-state index is -0.247. The molecule has 1 atom stereocenters. The fourth-order valence-corrected chi connectivity index (χ4v) is 2.85. The van der Waals surface area contributed by atoms with Crippen molar-refractivity contribution in [1.82, 2.24) is 10.2 Å². The number of Topliss-reactive ketones (excluding diaryl/α,β-unsaturated/α-hetero) is 1. The highest BCUT2D eigenvalue weighted by atomic mass is 79.9. The summed E-state index contributed by atoms with van der Waals surface area (Å²) in [6.07, 6.45) is 2.25. The zero-order chi connectivity index (χ0) is 14.1. The number of carbonyl (C=O) groups is 1. The van der Waals surface area contributed by atoms with Gasteiger partial charge in [0.2, 0.25) is 5.89 Å². The van der Waals surface area contributed by atoms with E-state index < -0.39 is 0 Å². The van der Waals surface area contributed by atoms with Crippen LogP contribution in [0.4, 0.5) is 0 Å². The van der Waals surface area contributed by atoms with Crippen LogP contribution in [-0.2, 0) is 0 Å². The van der Waals surface area contributed by atoms with Gasteiger partial charge in [0.05, 0.1) is 5.25 Å². The lowest BCUT2D eigenvalue weighted by atomic mass is 10.1. The van der Waals surface area contributed by atoms with Crippen LogP contribution in [0, 0.1) is 0 Å². The number of nitrogens with zero attached hydrogens (tertiary/aromatic N) is 2. The van der Waals surface area contributed by atoms with Gasteiger partial charge >= 0.3 is 0 Å². The maximum absolute atomic E-state index is 12.3. The van der Waals surface area contributed by atoms with Gasteiger partial charge in [0.1, 0.15) is 0 Å². The summed E-state index contributed by atoms with van der Waals surface area (Å²) in [4.78, 5) is 12.3. The second kappa shape index (κ2) is 5.69. The summed E-state index contributed by atoms with van der Waals surface area (Å²) in [6.45, 7) is 1.86. The molecule has 1 fully saturated rings. The average molecular weight is 353 g/mol. The van der Waals surface area contributed by atoms with Gasteiger partial charge in [-0.3, -0.25) is 4.79 Å². The Labute approximate surface area is 129 Å². The fourth-order valence-electron chi connectivity index (χ4n) is 1.82. The summed E-state index contributed by atoms with van der Waals surface area (Å²) in [5, 5.41) is 8.24. The molecule has 0 bridgehead atoms. The van der Waals surface area contributed by atoms with Gasteiger partial charge in [-0.2, -0.15) is 0 Å². The molecule has 20 heavy (non-hydrogen) atoms. The molecule has 4 nitrogen and oxygen atoms in total. The predicted molar refractivity (Wildman–Crippen MR) is 80.1 cm³/mol. The van der Waals surface area contributed by atoms with Crippen molar-refractivity contribution >= 4 is 33.5 Å². The number of thioether (sulfide) groups is 1. The standard InChI is InChI=1S/C14H13BrN2O2S/c1-8(12(18)9-4-6-11(15)7-5-9)20-14-17-16-13(19-14)10-2-3-10/h4-8,10H,2-3H2,1H3/t8-/m0/s1. The fraction of sp³-hybridized carbons (Fsp3) is 0.357. The van der Waals surface area contributed by atoms with E-state index in [1.54, 1.807) is 0 Å². The first-order valence-electron chi connectivity index (χ1n) is 6.43. The van der Waals surface area contributed by atoms with Crippen LogP contribution in [0.25, 0.3) is 0 Å². The number of ketones is 1. The van der Waals surface area contributed by atoms with Gasteiger partial charge in [0, 0.05) is 16.0 Å². The lowest BCUT2D eigenvalue weighted by Gasteiger charge is -2.07. The van der Waals surface area contributed by atoms with Gasteiger partial charge in [0.15, 0.2) is 5.78 Å². The first-order valence-corrected chi connectivity index (χ1v) is 8.10. The molecule has 1 heterocycles. The molecule has 0 amide bonds. The van der Waals surface area contributed by atoms with Gasteiger partial charge in [0.25, 0.3) is 5.22 Å². The zero-order valence-electron chi connectivity index (χ0n) is 10.9. The number of hydrogen-bond donors (Lipinski definition) is 0. The molecule has 3 rings (SSSR count). The van der Waals surface area contributed by atoms with Crippen LogP contribution in [0.3, 0.4) is 0 Å². The largest absolute Gasteiger partial charge is 0.416 e. The molecule has 0 unspecified atom stereocenters. The van der Waals surface area contributed by atoms with E-state index in [1.807, 2.05) is 31.2 Å². The molecule has 0 N–H and O–H groups in total. The van der Waals surface area contributed by atoms with Crippen LogP contribution in [-0.4, -0.2) is 21.2 Å². The van der Waals surface area contributed by atoms with E-state index in [0.717, 1.165) is 17.3 Å². The molecule has 0 saturated heterocycles. The Bertz CT molecular complexity index is 622. The quantitative estimate of drug-likeness (QED) is 0.599. The van der Waals surface area contributed by atoms with Gasteiger partial charge in [-0.05, 0) is 31.9 Å². The van der Waals surface area contributed by atoms with Crippen molar-refractivity contribution in [2.24, 2.45) is 0 Å². The van der Waals surface area contributed by atoms with E-state index >= 15 is 0 Å². The Balaban J connectivity index is 1.66. The minimum absolute atomic E-state index is 0.0636. The highest BCUT2D eigenvalue weighted by Crippen LogP contribution is 2.40. The van der Waals surface area contributed by atoms with E-state index in [1.165, 1.54) is 11.8 Å². The molecule has 1 aliphatic rings. The van der Waals surface area contributed by atoms with Crippen LogP contribution in [0.1, 0.15) is 41.9 Å². The van der Waals surface area contributed by atoms with E-state index in [-0.39, 0.29) is 11.0 Å². The lowest BCUT2D eigenvalue weighted by Crippen LogP contribution is -2.13. The molecule has 0 radical (unpaired) electrons. The first kappa shape index (κ1) is 13.8. The second-order valence-corrected chi connectivity index (χ2v) is 7.02. The number of halogens is 1. The number of aromatic nitrogens is 2. The van der Waals surface area contributed by atoms with Crippen molar-refractivity contribution in [1.29, 1.82) is 0 Å². The van der Waals surface area contributed by atoms with Crippen LogP contribution in [0.2, 0.25) is 0 Å². The number of carbonyl (C=O) groups excluding carboxylic acids is 1. The summed E-state index contributed by atoms with van der Waals surface area (Å²) in [7, 11) is 0. The van der Waals surface area contributed by atoms with Crippen molar-refractivity contribution in [3.63, 3.8) is 0 Å². The Morgan fingerprint density at radius 1 is 1.35 bits per heavy atom. The SMILES string of the molecule is C[C@H](Sc1nnc(C2CC2)o1)C(=O)c1ccc(Br)cc1. The summed E-state index contributed by atoms with van der Waals surface area (Å²) < 4.78 is 6.52. The third kappa shape index (κ3) is 3.12. The normalized spacial score (nSPS) is 16.1. The van der Waals surface area contributed by atoms with Crippen LogP contribution in [0.5, 0.6) is 0 Å². The van der Waals surface area contributed by atoms with E-state index in [2.05, 4.69) is 26.1 Å². The molecule has 6 heteroatoms. The van der Waals surface area contributed by atoms with Crippen molar-refractivity contribution in [3.8, 4) is 0 Å². The van der Waals surface area contributed by atoms with E-state index in [0.29, 0.717) is 22.6 Å². The molecule has 2 aromatic rings. The average Bonchev–Trinajstić information content (AvgIpc) is 3.20. The smallest absolute Gasteiger partial charge is 0.277 e. The summed E-state index contributed by atoms with van der Waals surface area (Å²) in [5.41, 5.74) is 0.690. The number of benzene rings is 1. The third-order valence-electron chi connectivity index (χ3n) is 3.12. The molecule has 0 aliphatic heterocycles. The second-order valence-electron chi connectivity index (χ2n) is 4.81. The van der Waals surface area contributed by atoms with Gasteiger partial charge in [-0.15, -0.1) is 10.2 Å². The van der Waals surface area contributed by atoms with Gasteiger partial charge in [-0.1, -0.05) is 39.8 Å². The van der Waals surface area contributed by atoms with E-state index in [4.69, 9.17) is 4.42 Å². The van der Waals surface area contributed by atoms with Gasteiger partial charge in [-0.25, -0.2) is 0 Å². The van der Waals surface area contributed by atoms with Crippen LogP contribution in [0.15, 0.2) is 38.4 Å². The predicted octanol–water partition coefficient (Wildman–Crippen LogP) is 4.07. The van der Waals surface area contributed by atoms with Crippen molar-refractivity contribution < 1.29 is 9.21 Å². The van der Waals surface area contributed by atoms with Crippen molar-refractivity contribution in [3.05, 3.63) is 40.2 Å². The third-order valence-corrected chi connectivity index (χ3v) is 4.59. The summed E-state index contributed by atoms with van der Waals surface area (Å²) in [5.74, 6) is 1.21. The molecule has 1 aromatic heterocycles. The van der Waals surface area contributed by atoms with Crippen molar-refractivity contribution in [2.75, 3.05) is 0 Å². The lowest BCUT2D eigenvalue weighted by molar-refractivity contribution is 0.0993. The number of rotatable bonds is 5. The Morgan fingerprint density at radius 2 is 2.05 bits per heavy atom. The van der Waals surface area contributed by atoms with Crippen LogP contribution >= 0.6 is 27.7 Å². The molecule has 1 aliphatic carbocycles. The van der Waals surface area contributed by atoms with Crippen LogP contribution < -0.4 is 0 Å². The molecule has 0 spiro atoms. The zero-order valence-corrected chi connectivity index (χ0v) is 13.3. The number of hydrogen-bond acceptors (Lipinski definition) is 5. The monoisotopic (exact) mass is 352 g/mol. The maximum atomic E-state index is 12.3. The molecular formula is C14H13BrN2O2S. The van der Waals surface area contributed by atoms with Gasteiger partial charge < -0.3 is 4.42 Å². The minimum Gasteiger partial charge on any atom is -0.416 e. The molecule has 104 valence electrons. The topological polar surface area (TPSA) is 56.0 Å². The molecular weight excluding hydrogens is 340 g/mol. The highest BCUT2D eigenvalue weighted by molar-refractivity contribution is 9.10. The molecule has 1 saturated carbocycles. The summed E-state index contributed by atoms with van der Waals surface area (Å²) >= 11 is 4.67. The van der Waals surface area contributed by atoms with Crippen molar-refractivity contribution in [2.45, 2.75) is 36.2 Å². The Hall–Kier alpha value is -1.14. The maximum Gasteiger partial charge on any atom is 0.277 e.